The van der Waals surface area contributed by atoms with Crippen molar-refractivity contribution in [2.24, 2.45) is 23.5 Å². The second-order valence-electron chi connectivity index (χ2n) is 23.5. The molecule has 2 bridgehead atoms. The number of nitrogens with one attached hydrogen (secondary N) is 1. The minimum Gasteiger partial charge on any atom is -0.461 e. The first kappa shape index (κ1) is 70.7. The molecule has 4 aliphatic heterocycles. The van der Waals surface area contributed by atoms with Gasteiger partial charge in [-0.3, -0.25) is 19.2 Å². The fourth-order valence-electron chi connectivity index (χ4n) is 11.4. The van der Waals surface area contributed by atoms with E-state index in [1.165, 1.54) is 0 Å². The second kappa shape index (κ2) is 35.7. The first-order valence-corrected chi connectivity index (χ1v) is 30.0. The quantitative estimate of drug-likeness (QED) is 0.111. The summed E-state index contributed by atoms with van der Waals surface area (Å²) < 4.78 is 24.4. The molecule has 85 heavy (non-hydrogen) atoms. The van der Waals surface area contributed by atoms with Crippen LogP contribution in [0.1, 0.15) is 127 Å². The number of aliphatic hydroxyl groups is 10. The van der Waals surface area contributed by atoms with Crippen LogP contribution in [-0.2, 0) is 33.3 Å². The second-order valence-corrected chi connectivity index (χ2v) is 23.5. The number of fused-ring (bicyclic) bond motifs is 2. The van der Waals surface area contributed by atoms with E-state index in [-0.39, 0.29) is 49.7 Å². The molecular weight excluding hydrogens is 1100 g/mol. The van der Waals surface area contributed by atoms with Crippen molar-refractivity contribution in [2.45, 2.75) is 215 Å². The standard InChI is InChI=1S/C64H95N3O18/c1-40-20-16-13-11-9-7-5-6-8-10-12-14-17-21-52(83-63-60(79)58(65)59(78)42(3)82-63)37-55-57(62(80)67-28-18-15-19-29-67)54(76)39-64(81,85-55)38-51(74)34-49(72)32-47(70)30-46(69)31-48(71)33-50(73)36-56(77)84-61(40)41(2)22-27-45(68)35-53(75)43-23-25-44(66-4)26-24-43/h5-14,16-17,20-21,23-26,40-42,45-47,49-52,54-55,57-61,63,66,68-70,72-74,76,78-79,81H,15,18-19,22,27-39,65H2,1-4H3/b6-5-,9-7-,10-8+,13-11+,14-12+,20-16+,21-17+/t40?,41?,42-,45?,46?,47?,49?,50?,51?,52?,54?,55?,57?,58+,59-,60+,61?,63+,64?/m1/s1. The van der Waals surface area contributed by atoms with Gasteiger partial charge in [-0.25, -0.2) is 0 Å². The number of Topliss-reactive ketones (excluding diaryl/α,β-unsaturated/α-hetero) is 2. The number of nitrogens with zero attached hydrogens (tertiary/aromatic N) is 1. The number of carbonyl (C=O) groups is 4. The molecule has 21 nitrogen and oxygen atoms in total. The zero-order valence-corrected chi connectivity index (χ0v) is 49.6. The fraction of sp³-hybridized carbons (Fsp3) is 0.625. The maximum Gasteiger partial charge on any atom is 0.308 e. The lowest BCUT2D eigenvalue weighted by molar-refractivity contribution is -0.308. The summed E-state index contributed by atoms with van der Waals surface area (Å²) in [5.41, 5.74) is 7.47. The van der Waals surface area contributed by atoms with Crippen molar-refractivity contribution in [2.75, 3.05) is 25.5 Å². The summed E-state index contributed by atoms with van der Waals surface area (Å²) in [6.45, 7) is 6.19. The molecule has 0 radical (unpaired) electrons. The Labute approximate surface area is 499 Å². The van der Waals surface area contributed by atoms with Crippen LogP contribution < -0.4 is 11.1 Å². The Kier molecular flexibility index (Phi) is 29.7. The van der Waals surface area contributed by atoms with E-state index < -0.39 is 160 Å². The highest BCUT2D eigenvalue weighted by Crippen LogP contribution is 2.39. The van der Waals surface area contributed by atoms with E-state index >= 15 is 0 Å². The van der Waals surface area contributed by atoms with Crippen molar-refractivity contribution < 1.29 is 89.2 Å². The average Bonchev–Trinajstić information content (AvgIpc) is 1.91. The molecule has 1 amide bonds. The third kappa shape index (κ3) is 23.9. The summed E-state index contributed by atoms with van der Waals surface area (Å²) in [5, 5.41) is 114. The maximum atomic E-state index is 14.3. The smallest absolute Gasteiger partial charge is 0.308 e. The van der Waals surface area contributed by atoms with Gasteiger partial charge in [0.15, 0.2) is 17.9 Å². The highest BCUT2D eigenvalue weighted by molar-refractivity contribution is 5.96. The van der Waals surface area contributed by atoms with Crippen molar-refractivity contribution in [1.82, 2.24) is 4.90 Å². The molecule has 19 atom stereocenters. The number of ether oxygens (including phenoxy) is 4. The van der Waals surface area contributed by atoms with Gasteiger partial charge in [0.25, 0.3) is 0 Å². The first-order valence-electron chi connectivity index (χ1n) is 30.0. The number of benzene rings is 1. The van der Waals surface area contributed by atoms with E-state index in [1.54, 1.807) is 104 Å². The predicted octanol–water partition coefficient (Wildman–Crippen LogP) is 3.67. The SMILES string of the molecule is CNc1ccc(C(=O)CC(O)CCC(C)C2OC(=O)CC(O)CC(=O)CC(O)CC(O)CC(O)CC(O)CC3(O)CC(O)C(C(=O)N4CCCCC4)C(CC(O[C@@H]4O[C@H](C)[C@@H](O)[C@H](N)[C@@H]4O)/C=C/C=C/C=C/C=C\C=C/C=C/C=C/C2C)O3)cc1. The molecule has 14 unspecified atom stereocenters. The lowest BCUT2D eigenvalue weighted by atomic mass is 9.81. The molecule has 0 spiro atoms. The van der Waals surface area contributed by atoms with Crippen LogP contribution in [0.15, 0.2) is 109 Å². The summed E-state index contributed by atoms with van der Waals surface area (Å²) in [6, 6.07) is 5.80. The van der Waals surface area contributed by atoms with E-state index in [9.17, 15) is 70.2 Å². The third-order valence-corrected chi connectivity index (χ3v) is 16.0. The summed E-state index contributed by atoms with van der Waals surface area (Å²) in [4.78, 5) is 55.3. The number of esters is 1. The number of amides is 1. The number of rotatable bonds is 11. The Morgan fingerprint density at radius 2 is 1.28 bits per heavy atom. The molecule has 4 heterocycles. The molecule has 0 saturated carbocycles. The summed E-state index contributed by atoms with van der Waals surface area (Å²) in [7, 11) is 1.77. The number of ketones is 2. The van der Waals surface area contributed by atoms with Crippen molar-refractivity contribution in [3.8, 4) is 0 Å². The van der Waals surface area contributed by atoms with E-state index in [0.29, 0.717) is 25.1 Å². The molecule has 1 aromatic rings. The number of piperidine rings is 1. The predicted molar refractivity (Wildman–Crippen MR) is 318 cm³/mol. The van der Waals surface area contributed by atoms with Crippen LogP contribution in [0.5, 0.6) is 0 Å². The Morgan fingerprint density at radius 1 is 0.718 bits per heavy atom. The number of nitrogens with two attached hydrogens (primary N) is 1. The lowest BCUT2D eigenvalue weighted by Crippen LogP contribution is -2.62. The minimum absolute atomic E-state index is 0.100. The summed E-state index contributed by atoms with van der Waals surface area (Å²) >= 11 is 0. The molecule has 0 aliphatic carbocycles. The van der Waals surface area contributed by atoms with Crippen LogP contribution in [0.3, 0.4) is 0 Å². The highest BCUT2D eigenvalue weighted by Gasteiger charge is 2.52. The van der Waals surface area contributed by atoms with Crippen LogP contribution in [0, 0.1) is 17.8 Å². The van der Waals surface area contributed by atoms with Gasteiger partial charge in [0, 0.05) is 75.8 Å². The monoisotopic (exact) mass is 1190 g/mol. The van der Waals surface area contributed by atoms with Crippen LogP contribution in [0.4, 0.5) is 5.69 Å². The molecule has 3 fully saturated rings. The van der Waals surface area contributed by atoms with Crippen LogP contribution in [0.2, 0.25) is 0 Å². The van der Waals surface area contributed by atoms with Gasteiger partial charge in [-0.15, -0.1) is 0 Å². The van der Waals surface area contributed by atoms with Crippen molar-refractivity contribution >= 4 is 29.1 Å². The van der Waals surface area contributed by atoms with Crippen LogP contribution >= 0.6 is 0 Å². The third-order valence-electron chi connectivity index (χ3n) is 16.0. The number of likely N-dealkylation sites (tertiary alicyclic amines) is 1. The Balaban J connectivity index is 1.35. The number of hydrogen-bond donors (Lipinski definition) is 12. The minimum atomic E-state index is -2.25. The molecule has 0 aromatic heterocycles. The Bertz CT molecular complexity index is 2440. The van der Waals surface area contributed by atoms with Gasteiger partial charge >= 0.3 is 5.97 Å². The number of allylic oxidation sites excluding steroid dienone is 12. The van der Waals surface area contributed by atoms with E-state index in [1.807, 2.05) is 38.2 Å². The van der Waals surface area contributed by atoms with Gasteiger partial charge in [0.1, 0.15) is 18.0 Å². The Morgan fingerprint density at radius 3 is 1.89 bits per heavy atom. The summed E-state index contributed by atoms with van der Waals surface area (Å²) in [6.07, 6.45) is 6.33. The van der Waals surface area contributed by atoms with Gasteiger partial charge in [-0.2, -0.15) is 0 Å². The molecule has 474 valence electrons. The molecule has 21 heteroatoms. The molecule has 5 rings (SSSR count). The van der Waals surface area contributed by atoms with E-state index in [2.05, 4.69) is 5.32 Å². The summed E-state index contributed by atoms with van der Waals surface area (Å²) in [5.74, 6) is -6.14. The van der Waals surface area contributed by atoms with Gasteiger partial charge in [-0.05, 0) is 88.5 Å². The molecular formula is C64H95N3O18. The number of carbonyl (C=O) groups excluding carboxylic acids is 4. The molecule has 3 saturated heterocycles. The number of hydrogen-bond acceptors (Lipinski definition) is 20. The van der Waals surface area contributed by atoms with Crippen molar-refractivity contribution in [3.05, 3.63) is 115 Å². The van der Waals surface area contributed by atoms with Gasteiger partial charge in [0.2, 0.25) is 5.91 Å². The van der Waals surface area contributed by atoms with Crippen LogP contribution in [0.25, 0.3) is 0 Å². The van der Waals surface area contributed by atoms with Crippen molar-refractivity contribution in [3.63, 3.8) is 0 Å². The van der Waals surface area contributed by atoms with Gasteiger partial charge in [0.05, 0.1) is 85.5 Å². The first-order chi connectivity index (χ1) is 40.4. The molecule has 4 aliphatic rings. The zero-order valence-electron chi connectivity index (χ0n) is 49.6. The van der Waals surface area contributed by atoms with Gasteiger partial charge in [-0.1, -0.05) is 98.9 Å². The number of aliphatic hydroxyl groups excluding tert-OH is 9. The topological polar surface area (TPSA) is 349 Å². The van der Waals surface area contributed by atoms with Crippen molar-refractivity contribution in [1.29, 1.82) is 0 Å². The van der Waals surface area contributed by atoms with E-state index in [0.717, 1.165) is 24.9 Å². The largest absolute Gasteiger partial charge is 0.461 e. The average molecular weight is 1190 g/mol. The molecule has 1 aromatic carbocycles. The fourth-order valence-corrected chi connectivity index (χ4v) is 11.4. The zero-order chi connectivity index (χ0) is 62.2. The van der Waals surface area contributed by atoms with Crippen LogP contribution in [-0.4, -0.2) is 197 Å². The van der Waals surface area contributed by atoms with E-state index in [4.69, 9.17) is 24.7 Å². The Hall–Kier alpha value is -5.08. The van der Waals surface area contributed by atoms with Gasteiger partial charge < -0.3 is 86.0 Å². The molecule has 13 N–H and O–H groups in total. The maximum absolute atomic E-state index is 14.3. The number of anilines is 1. The number of cyclic esters (lactones) is 1. The normalized spacial score (nSPS) is 37.6. The highest BCUT2D eigenvalue weighted by atomic mass is 16.7. The lowest BCUT2D eigenvalue weighted by Gasteiger charge is -2.47.